The highest BCUT2D eigenvalue weighted by molar-refractivity contribution is 6.36. The second-order valence-corrected chi connectivity index (χ2v) is 6.25. The van der Waals surface area contributed by atoms with Crippen LogP contribution in [0.15, 0.2) is 33.9 Å². The van der Waals surface area contributed by atoms with Crippen LogP contribution in [0.5, 0.6) is 0 Å². The van der Waals surface area contributed by atoms with E-state index in [1.807, 2.05) is 25.3 Å². The zero-order chi connectivity index (χ0) is 16.2. The number of hydrazone groups is 1. The van der Waals surface area contributed by atoms with Gasteiger partial charge in [-0.15, -0.1) is 0 Å². The molecule has 1 fully saturated rings. The summed E-state index contributed by atoms with van der Waals surface area (Å²) in [7, 11) is 0. The Morgan fingerprint density at radius 1 is 1.22 bits per heavy atom. The minimum atomic E-state index is 0.573. The van der Waals surface area contributed by atoms with Crippen molar-refractivity contribution in [1.82, 2.24) is 15.1 Å². The van der Waals surface area contributed by atoms with E-state index in [9.17, 15) is 0 Å². The van der Waals surface area contributed by atoms with E-state index >= 15 is 0 Å². The molecule has 7 heteroatoms. The third-order valence-electron chi connectivity index (χ3n) is 3.77. The van der Waals surface area contributed by atoms with E-state index in [4.69, 9.17) is 27.7 Å². The molecule has 0 bridgehead atoms. The molecule has 5 nitrogen and oxygen atoms in total. The molecule has 1 aromatic heterocycles. The molecule has 2 heterocycles. The number of hydrogen-bond donors (Lipinski definition) is 0. The fourth-order valence-corrected chi connectivity index (χ4v) is 3.11. The second-order valence-electron chi connectivity index (χ2n) is 5.41. The molecule has 1 aliphatic rings. The van der Waals surface area contributed by atoms with Crippen molar-refractivity contribution >= 4 is 29.4 Å². The van der Waals surface area contributed by atoms with Crippen LogP contribution in [0, 0.1) is 0 Å². The van der Waals surface area contributed by atoms with Gasteiger partial charge in [0, 0.05) is 49.0 Å². The maximum absolute atomic E-state index is 6.22. The SMILES string of the molecule is C/C=N\N1CCN(Cc2cc(-c3ccc(Cl)cc3Cl)no2)CC1. The molecular formula is C16H18Cl2N4O. The Kier molecular flexibility index (Phi) is 5.20. The summed E-state index contributed by atoms with van der Waals surface area (Å²) in [6.07, 6.45) is 1.83. The molecule has 0 atom stereocenters. The van der Waals surface area contributed by atoms with Crippen LogP contribution < -0.4 is 0 Å². The summed E-state index contributed by atoms with van der Waals surface area (Å²) in [5.41, 5.74) is 1.56. The molecule has 122 valence electrons. The van der Waals surface area contributed by atoms with Gasteiger partial charge in [-0.3, -0.25) is 9.91 Å². The number of benzene rings is 1. The molecule has 2 aromatic rings. The van der Waals surface area contributed by atoms with Crippen LogP contribution in [0.2, 0.25) is 10.0 Å². The first-order valence-corrected chi connectivity index (χ1v) is 8.28. The Morgan fingerprint density at radius 3 is 2.70 bits per heavy atom. The molecular weight excluding hydrogens is 335 g/mol. The maximum Gasteiger partial charge on any atom is 0.151 e. The Bertz CT molecular complexity index is 693. The van der Waals surface area contributed by atoms with E-state index in [0.29, 0.717) is 10.0 Å². The van der Waals surface area contributed by atoms with E-state index in [2.05, 4.69) is 20.2 Å². The number of piperazine rings is 1. The number of nitrogens with zero attached hydrogens (tertiary/aromatic N) is 4. The average Bonchev–Trinajstić information content (AvgIpc) is 2.98. The molecule has 0 unspecified atom stereocenters. The van der Waals surface area contributed by atoms with Crippen molar-refractivity contribution in [3.63, 3.8) is 0 Å². The van der Waals surface area contributed by atoms with Gasteiger partial charge in [0.25, 0.3) is 0 Å². The summed E-state index contributed by atoms with van der Waals surface area (Å²) in [6, 6.07) is 7.30. The van der Waals surface area contributed by atoms with Crippen molar-refractivity contribution in [1.29, 1.82) is 0 Å². The van der Waals surface area contributed by atoms with Crippen molar-refractivity contribution in [2.24, 2.45) is 5.10 Å². The van der Waals surface area contributed by atoms with E-state index in [-0.39, 0.29) is 0 Å². The van der Waals surface area contributed by atoms with Crippen LogP contribution in [0.3, 0.4) is 0 Å². The lowest BCUT2D eigenvalue weighted by molar-refractivity contribution is 0.122. The molecule has 0 N–H and O–H groups in total. The van der Waals surface area contributed by atoms with Crippen LogP contribution in [-0.2, 0) is 6.54 Å². The largest absolute Gasteiger partial charge is 0.359 e. The van der Waals surface area contributed by atoms with E-state index in [1.54, 1.807) is 12.1 Å². The lowest BCUT2D eigenvalue weighted by atomic mass is 10.1. The van der Waals surface area contributed by atoms with Crippen molar-refractivity contribution in [3.8, 4) is 11.3 Å². The van der Waals surface area contributed by atoms with Crippen molar-refractivity contribution < 1.29 is 4.52 Å². The normalized spacial score (nSPS) is 16.4. The zero-order valence-electron chi connectivity index (χ0n) is 12.9. The highest BCUT2D eigenvalue weighted by Crippen LogP contribution is 2.30. The fourth-order valence-electron chi connectivity index (χ4n) is 2.61. The van der Waals surface area contributed by atoms with E-state index in [1.165, 1.54) is 0 Å². The van der Waals surface area contributed by atoms with Crippen molar-refractivity contribution in [3.05, 3.63) is 40.1 Å². The Balaban J connectivity index is 1.64. The monoisotopic (exact) mass is 352 g/mol. The van der Waals surface area contributed by atoms with Gasteiger partial charge in [-0.1, -0.05) is 28.4 Å². The molecule has 0 amide bonds. The fraction of sp³-hybridized carbons (Fsp3) is 0.375. The van der Waals surface area contributed by atoms with Gasteiger partial charge in [-0.05, 0) is 25.1 Å². The van der Waals surface area contributed by atoms with Gasteiger partial charge in [0.2, 0.25) is 0 Å². The Morgan fingerprint density at radius 2 is 2.00 bits per heavy atom. The predicted octanol–water partition coefficient (Wildman–Crippen LogP) is 3.77. The van der Waals surface area contributed by atoms with E-state index in [0.717, 1.165) is 49.7 Å². The molecule has 1 aliphatic heterocycles. The summed E-state index contributed by atoms with van der Waals surface area (Å²) in [5.74, 6) is 0.832. The first-order chi connectivity index (χ1) is 11.2. The first kappa shape index (κ1) is 16.3. The highest BCUT2D eigenvalue weighted by atomic mass is 35.5. The Hall–Kier alpha value is -1.56. The standard InChI is InChI=1S/C16H18Cl2N4O/c1-2-19-22-7-5-21(6-8-22)11-13-10-16(20-23-13)14-4-3-12(17)9-15(14)18/h2-4,9-10H,5-8,11H2,1H3/b19-2-. The molecule has 3 rings (SSSR count). The minimum Gasteiger partial charge on any atom is -0.359 e. The number of hydrogen-bond acceptors (Lipinski definition) is 5. The van der Waals surface area contributed by atoms with Crippen LogP contribution in [0.1, 0.15) is 12.7 Å². The molecule has 1 saturated heterocycles. The van der Waals surface area contributed by atoms with Gasteiger partial charge >= 0.3 is 0 Å². The second kappa shape index (κ2) is 7.34. The minimum absolute atomic E-state index is 0.573. The number of aromatic nitrogens is 1. The van der Waals surface area contributed by atoms with Crippen molar-refractivity contribution in [2.75, 3.05) is 26.2 Å². The molecule has 0 spiro atoms. The van der Waals surface area contributed by atoms with E-state index < -0.39 is 0 Å². The van der Waals surface area contributed by atoms with Crippen LogP contribution in [0.4, 0.5) is 0 Å². The smallest absolute Gasteiger partial charge is 0.151 e. The summed E-state index contributed by atoms with van der Waals surface area (Å²) in [6.45, 7) is 6.43. The summed E-state index contributed by atoms with van der Waals surface area (Å²) >= 11 is 12.1. The van der Waals surface area contributed by atoms with Gasteiger partial charge in [0.05, 0.1) is 11.6 Å². The number of halogens is 2. The lowest BCUT2D eigenvalue weighted by Crippen LogP contribution is -2.43. The third kappa shape index (κ3) is 4.05. The van der Waals surface area contributed by atoms with Gasteiger partial charge in [-0.2, -0.15) is 5.10 Å². The quantitative estimate of drug-likeness (QED) is 0.785. The van der Waals surface area contributed by atoms with Gasteiger partial charge in [-0.25, -0.2) is 0 Å². The number of rotatable bonds is 4. The van der Waals surface area contributed by atoms with Crippen molar-refractivity contribution in [2.45, 2.75) is 13.5 Å². The molecule has 0 saturated carbocycles. The summed E-state index contributed by atoms with van der Waals surface area (Å²) < 4.78 is 5.45. The topological polar surface area (TPSA) is 44.9 Å². The van der Waals surface area contributed by atoms with Crippen LogP contribution in [0.25, 0.3) is 11.3 Å². The van der Waals surface area contributed by atoms with Gasteiger partial charge in [0.1, 0.15) is 5.69 Å². The average molecular weight is 353 g/mol. The molecule has 23 heavy (non-hydrogen) atoms. The van der Waals surface area contributed by atoms with Gasteiger partial charge in [0.15, 0.2) is 5.76 Å². The van der Waals surface area contributed by atoms with Gasteiger partial charge < -0.3 is 4.52 Å². The lowest BCUT2D eigenvalue weighted by Gasteiger charge is -2.32. The summed E-state index contributed by atoms with van der Waals surface area (Å²) in [4.78, 5) is 2.33. The molecule has 0 aliphatic carbocycles. The third-order valence-corrected chi connectivity index (χ3v) is 4.32. The van der Waals surface area contributed by atoms with Crippen LogP contribution >= 0.6 is 23.2 Å². The molecule has 1 aromatic carbocycles. The summed E-state index contributed by atoms with van der Waals surface area (Å²) in [5, 5.41) is 11.7. The Labute approximate surface area is 145 Å². The predicted molar refractivity (Wildman–Crippen MR) is 93.0 cm³/mol. The van der Waals surface area contributed by atoms with Crippen LogP contribution in [-0.4, -0.2) is 47.5 Å². The molecule has 0 radical (unpaired) electrons. The zero-order valence-corrected chi connectivity index (χ0v) is 14.4. The maximum atomic E-state index is 6.22. The highest BCUT2D eigenvalue weighted by Gasteiger charge is 2.18. The first-order valence-electron chi connectivity index (χ1n) is 7.52.